The first-order chi connectivity index (χ1) is 11.7. The smallest absolute Gasteiger partial charge is 0.169 e. The highest BCUT2D eigenvalue weighted by molar-refractivity contribution is 5.10. The number of fused-ring (bicyclic) bond motifs is 3. The maximum absolute atomic E-state index is 8.91. The Morgan fingerprint density at radius 2 is 1.79 bits per heavy atom. The van der Waals surface area contributed by atoms with Gasteiger partial charge in [0.05, 0.1) is 24.4 Å². The van der Waals surface area contributed by atoms with Crippen molar-refractivity contribution >= 4 is 0 Å². The summed E-state index contributed by atoms with van der Waals surface area (Å²) in [5.74, 6) is 0.411. The van der Waals surface area contributed by atoms with Crippen molar-refractivity contribution in [2.75, 3.05) is 0 Å². The number of hydrogen-bond donors (Lipinski definition) is 0. The van der Waals surface area contributed by atoms with Crippen molar-refractivity contribution in [3.63, 3.8) is 0 Å². The van der Waals surface area contributed by atoms with E-state index in [0.29, 0.717) is 23.9 Å². The minimum absolute atomic E-state index is 0.164. The summed E-state index contributed by atoms with van der Waals surface area (Å²) in [6.45, 7) is 0. The molecule has 2 heterocycles. The van der Waals surface area contributed by atoms with Gasteiger partial charge in [-0.1, -0.05) is 6.42 Å². The van der Waals surface area contributed by atoms with E-state index >= 15 is 0 Å². The molecule has 24 heavy (non-hydrogen) atoms. The average Bonchev–Trinajstić information content (AvgIpc) is 3.09. The molecule has 5 fully saturated rings. The van der Waals surface area contributed by atoms with Crippen LogP contribution in [0.1, 0.15) is 77.0 Å². The Morgan fingerprint density at radius 1 is 0.958 bits per heavy atom. The van der Waals surface area contributed by atoms with Crippen LogP contribution in [0.2, 0.25) is 0 Å². The summed E-state index contributed by atoms with van der Waals surface area (Å²) < 4.78 is 19.6. The molecule has 2 bridgehead atoms. The van der Waals surface area contributed by atoms with Gasteiger partial charge >= 0.3 is 0 Å². The summed E-state index contributed by atoms with van der Waals surface area (Å²) in [6.07, 6.45) is 14.6. The van der Waals surface area contributed by atoms with Gasteiger partial charge in [0, 0.05) is 24.7 Å². The summed E-state index contributed by atoms with van der Waals surface area (Å²) in [6, 6.07) is 2.33. The Morgan fingerprint density at radius 3 is 2.62 bits per heavy atom. The molecule has 5 rings (SSSR count). The maximum atomic E-state index is 8.91. The second kappa shape index (κ2) is 5.69. The van der Waals surface area contributed by atoms with E-state index < -0.39 is 0 Å². The molecule has 3 unspecified atom stereocenters. The predicted molar refractivity (Wildman–Crippen MR) is 88.1 cm³/mol. The largest absolute Gasteiger partial charge is 0.372 e. The average molecular weight is 331 g/mol. The maximum Gasteiger partial charge on any atom is 0.169 e. The molecule has 5 aliphatic rings. The summed E-state index contributed by atoms with van der Waals surface area (Å²) in [7, 11) is 0. The SMILES string of the molecule is N#CCCC1CCC2O[C@@H]3CC2(C1)C[C@H]1OC2(CCCCC2)O[C@@H]31. The van der Waals surface area contributed by atoms with Crippen molar-refractivity contribution in [2.45, 2.75) is 107 Å². The molecule has 2 spiro atoms. The van der Waals surface area contributed by atoms with E-state index in [1.165, 1.54) is 32.1 Å². The zero-order valence-corrected chi connectivity index (χ0v) is 14.5. The Bertz CT molecular complexity index is 537. The van der Waals surface area contributed by atoms with Gasteiger partial charge in [-0.05, 0) is 57.3 Å². The Kier molecular flexibility index (Phi) is 3.70. The van der Waals surface area contributed by atoms with Crippen LogP contribution in [0.5, 0.6) is 0 Å². The van der Waals surface area contributed by atoms with E-state index in [0.717, 1.165) is 38.5 Å². The van der Waals surface area contributed by atoms with Crippen molar-refractivity contribution in [1.29, 1.82) is 5.26 Å². The first kappa shape index (κ1) is 15.6. The molecule has 0 radical (unpaired) electrons. The number of nitriles is 1. The first-order valence-electron chi connectivity index (χ1n) is 10.1. The van der Waals surface area contributed by atoms with Gasteiger partial charge < -0.3 is 14.2 Å². The second-order valence-electron chi connectivity index (χ2n) is 8.99. The number of nitrogens with zero attached hydrogens (tertiary/aromatic N) is 1. The molecular formula is C20H29NO3. The molecular weight excluding hydrogens is 302 g/mol. The van der Waals surface area contributed by atoms with Crippen LogP contribution in [0, 0.1) is 22.7 Å². The third kappa shape index (κ3) is 2.35. The minimum atomic E-state index is -0.289. The number of hydrogen-bond acceptors (Lipinski definition) is 4. The quantitative estimate of drug-likeness (QED) is 0.765. The third-order valence-electron chi connectivity index (χ3n) is 7.50. The fourth-order valence-electron chi connectivity index (χ4n) is 6.49. The summed E-state index contributed by atoms with van der Waals surface area (Å²) in [5.41, 5.74) is 0.299. The predicted octanol–water partition coefficient (Wildman–Crippen LogP) is 4.08. The highest BCUT2D eigenvalue weighted by Gasteiger charge is 2.64. The van der Waals surface area contributed by atoms with Gasteiger partial charge in [-0.25, -0.2) is 0 Å². The van der Waals surface area contributed by atoms with Crippen LogP contribution >= 0.6 is 0 Å². The normalized spacial score (nSPS) is 48.7. The Balaban J connectivity index is 1.33. The Labute approximate surface area is 144 Å². The molecule has 4 heteroatoms. The minimum Gasteiger partial charge on any atom is -0.372 e. The molecule has 0 aromatic heterocycles. The molecule has 3 aliphatic carbocycles. The molecule has 0 amide bonds. The summed E-state index contributed by atoms with van der Waals surface area (Å²) in [5, 5.41) is 8.91. The molecule has 6 atom stereocenters. The molecule has 0 aromatic rings. The lowest BCUT2D eigenvalue weighted by Gasteiger charge is -2.44. The van der Waals surface area contributed by atoms with Crippen molar-refractivity contribution in [2.24, 2.45) is 11.3 Å². The Hall–Kier alpha value is -0.630. The first-order valence-corrected chi connectivity index (χ1v) is 10.1. The van der Waals surface area contributed by atoms with Crippen LogP contribution in [-0.2, 0) is 14.2 Å². The van der Waals surface area contributed by atoms with Crippen molar-refractivity contribution in [1.82, 2.24) is 0 Å². The van der Waals surface area contributed by atoms with Crippen molar-refractivity contribution < 1.29 is 14.2 Å². The highest BCUT2D eigenvalue weighted by Crippen LogP contribution is 2.60. The van der Waals surface area contributed by atoms with Crippen LogP contribution in [0.25, 0.3) is 0 Å². The molecule has 2 aliphatic heterocycles. The topological polar surface area (TPSA) is 51.5 Å². The molecule has 0 N–H and O–H groups in total. The van der Waals surface area contributed by atoms with Crippen molar-refractivity contribution in [3.05, 3.63) is 0 Å². The van der Waals surface area contributed by atoms with E-state index in [1.807, 2.05) is 0 Å². The monoisotopic (exact) mass is 331 g/mol. The van der Waals surface area contributed by atoms with E-state index in [1.54, 1.807) is 0 Å². The lowest BCUT2D eigenvalue weighted by atomic mass is 9.60. The lowest BCUT2D eigenvalue weighted by molar-refractivity contribution is -0.205. The molecule has 132 valence electrons. The summed E-state index contributed by atoms with van der Waals surface area (Å²) in [4.78, 5) is 0. The highest BCUT2D eigenvalue weighted by atomic mass is 16.8. The third-order valence-corrected chi connectivity index (χ3v) is 7.50. The van der Waals surface area contributed by atoms with Crippen LogP contribution in [0.15, 0.2) is 0 Å². The van der Waals surface area contributed by atoms with E-state index in [9.17, 15) is 0 Å². The molecule has 4 nitrogen and oxygen atoms in total. The molecule has 0 aromatic carbocycles. The van der Waals surface area contributed by atoms with Crippen LogP contribution in [0.4, 0.5) is 0 Å². The van der Waals surface area contributed by atoms with Gasteiger partial charge in [-0.15, -0.1) is 0 Å². The standard InChI is InChI=1S/C20H29NO3/c21-10-4-5-14-6-7-17-19(11-14)12-15(22-17)18-16(13-19)23-20(24-18)8-2-1-3-9-20/h14-18H,1-9,11-13H2/t14?,15-,16-,17?,18+,19?/m1/s1. The van der Waals surface area contributed by atoms with Crippen molar-refractivity contribution in [3.8, 4) is 6.07 Å². The van der Waals surface area contributed by atoms with E-state index in [-0.39, 0.29) is 24.1 Å². The fourth-order valence-corrected chi connectivity index (χ4v) is 6.49. The fraction of sp³-hybridized carbons (Fsp3) is 0.950. The van der Waals surface area contributed by atoms with Gasteiger partial charge in [0.15, 0.2) is 5.79 Å². The molecule has 3 saturated carbocycles. The van der Waals surface area contributed by atoms with Gasteiger partial charge in [-0.2, -0.15) is 5.26 Å². The zero-order valence-electron chi connectivity index (χ0n) is 14.5. The summed E-state index contributed by atoms with van der Waals surface area (Å²) >= 11 is 0. The molecule has 2 saturated heterocycles. The van der Waals surface area contributed by atoms with Crippen LogP contribution < -0.4 is 0 Å². The van der Waals surface area contributed by atoms with Gasteiger partial charge in [0.25, 0.3) is 0 Å². The lowest BCUT2D eigenvalue weighted by Crippen LogP contribution is -2.46. The number of ether oxygens (including phenoxy) is 3. The number of rotatable bonds is 2. The van der Waals surface area contributed by atoms with Crippen LogP contribution in [0.3, 0.4) is 0 Å². The van der Waals surface area contributed by atoms with Crippen LogP contribution in [-0.4, -0.2) is 30.2 Å². The van der Waals surface area contributed by atoms with Gasteiger partial charge in [0.2, 0.25) is 0 Å². The van der Waals surface area contributed by atoms with Gasteiger partial charge in [0.1, 0.15) is 6.10 Å². The second-order valence-corrected chi connectivity index (χ2v) is 8.99. The zero-order chi connectivity index (χ0) is 16.2. The van der Waals surface area contributed by atoms with E-state index in [4.69, 9.17) is 19.5 Å². The van der Waals surface area contributed by atoms with E-state index in [2.05, 4.69) is 6.07 Å². The van der Waals surface area contributed by atoms with Gasteiger partial charge in [-0.3, -0.25) is 0 Å².